The Morgan fingerprint density at radius 2 is 1.52 bits per heavy atom. The van der Waals surface area contributed by atoms with Gasteiger partial charge in [-0.05, 0) is 20.8 Å². The number of rotatable bonds is 9. The van der Waals surface area contributed by atoms with Crippen molar-refractivity contribution in [1.29, 1.82) is 0 Å². The maximum Gasteiger partial charge on any atom is 0.225 e. The zero-order valence-electron chi connectivity index (χ0n) is 16.6. The first-order valence-corrected chi connectivity index (χ1v) is 8.84. The van der Waals surface area contributed by atoms with Crippen molar-refractivity contribution in [3.8, 4) is 0 Å². The van der Waals surface area contributed by atoms with E-state index in [0.717, 1.165) is 19.6 Å². The van der Waals surface area contributed by atoms with Gasteiger partial charge in [-0.3, -0.25) is 14.6 Å². The highest BCUT2D eigenvalue weighted by molar-refractivity contribution is 14.0. The molecule has 7 nitrogen and oxygen atoms in total. The van der Waals surface area contributed by atoms with Crippen LogP contribution in [0, 0.1) is 5.41 Å². The van der Waals surface area contributed by atoms with E-state index in [-0.39, 0.29) is 41.2 Å². The van der Waals surface area contributed by atoms with E-state index in [9.17, 15) is 9.59 Å². The lowest BCUT2D eigenvalue weighted by molar-refractivity contribution is -0.130. The highest BCUT2D eigenvalue weighted by Gasteiger charge is 2.20. The summed E-state index contributed by atoms with van der Waals surface area (Å²) in [5, 5.41) is 9.17. The minimum Gasteiger partial charge on any atom is -0.357 e. The predicted molar refractivity (Wildman–Crippen MR) is 114 cm³/mol. The van der Waals surface area contributed by atoms with Gasteiger partial charge in [-0.25, -0.2) is 0 Å². The predicted octanol–water partition coefficient (Wildman–Crippen LogP) is 1.58. The van der Waals surface area contributed by atoms with Crippen LogP contribution < -0.4 is 16.0 Å². The van der Waals surface area contributed by atoms with Crippen molar-refractivity contribution >= 4 is 41.8 Å². The fraction of sp³-hybridized carbons (Fsp3) is 0.824. The fourth-order valence-corrected chi connectivity index (χ4v) is 1.96. The first kappa shape index (κ1) is 26.2. The molecule has 0 aromatic carbocycles. The minimum absolute atomic E-state index is 0. The van der Waals surface area contributed by atoms with Crippen LogP contribution in [0.2, 0.25) is 0 Å². The summed E-state index contributed by atoms with van der Waals surface area (Å²) in [6.45, 7) is 15.3. The van der Waals surface area contributed by atoms with Gasteiger partial charge in [0.25, 0.3) is 0 Å². The summed E-state index contributed by atoms with van der Waals surface area (Å²) in [6.07, 6.45) is 0.402. The molecule has 0 spiro atoms. The van der Waals surface area contributed by atoms with E-state index in [1.807, 2.05) is 41.5 Å². The van der Waals surface area contributed by atoms with Crippen LogP contribution in [0.25, 0.3) is 0 Å². The minimum atomic E-state index is -0.386. The molecule has 25 heavy (non-hydrogen) atoms. The van der Waals surface area contributed by atoms with Crippen LogP contribution in [0.1, 0.15) is 48.0 Å². The van der Waals surface area contributed by atoms with E-state index in [4.69, 9.17) is 0 Å². The molecule has 0 radical (unpaired) electrons. The second-order valence-electron chi connectivity index (χ2n) is 6.51. The van der Waals surface area contributed by atoms with Crippen LogP contribution in [0.3, 0.4) is 0 Å². The molecule has 0 aliphatic rings. The Morgan fingerprint density at radius 3 is 2.00 bits per heavy atom. The molecule has 0 heterocycles. The number of aliphatic imine (C=N–C) groups is 1. The molecular weight excluding hydrogens is 433 g/mol. The highest BCUT2D eigenvalue weighted by Crippen LogP contribution is 2.11. The number of carbonyl (C=O) groups is 2. The number of guanidine groups is 1. The molecule has 0 aromatic rings. The van der Waals surface area contributed by atoms with Crippen LogP contribution >= 0.6 is 24.0 Å². The van der Waals surface area contributed by atoms with Gasteiger partial charge in [0.15, 0.2) is 5.96 Å². The first-order valence-electron chi connectivity index (χ1n) is 8.84. The van der Waals surface area contributed by atoms with Gasteiger partial charge in [0, 0.05) is 44.6 Å². The van der Waals surface area contributed by atoms with E-state index < -0.39 is 0 Å². The largest absolute Gasteiger partial charge is 0.357 e. The molecule has 2 amide bonds. The van der Waals surface area contributed by atoms with Crippen molar-refractivity contribution in [2.45, 2.75) is 48.0 Å². The van der Waals surface area contributed by atoms with Gasteiger partial charge < -0.3 is 20.9 Å². The smallest absolute Gasteiger partial charge is 0.225 e. The van der Waals surface area contributed by atoms with E-state index in [1.165, 1.54) is 0 Å². The molecule has 3 N–H and O–H groups in total. The molecule has 0 aliphatic carbocycles. The Kier molecular flexibility index (Phi) is 14.8. The molecule has 0 saturated carbocycles. The summed E-state index contributed by atoms with van der Waals surface area (Å²) in [4.78, 5) is 29.9. The van der Waals surface area contributed by atoms with E-state index in [1.54, 1.807) is 4.90 Å². The SMILES string of the molecule is CCNC(=NCCC(=O)N(CC)CC)NCCNC(=O)C(C)(C)C.I. The monoisotopic (exact) mass is 469 g/mol. The van der Waals surface area contributed by atoms with Crippen LogP contribution in [0.5, 0.6) is 0 Å². The Bertz CT molecular complexity index is 418. The van der Waals surface area contributed by atoms with Gasteiger partial charge >= 0.3 is 0 Å². The fourth-order valence-electron chi connectivity index (χ4n) is 1.96. The van der Waals surface area contributed by atoms with Crippen LogP contribution in [0.4, 0.5) is 0 Å². The summed E-state index contributed by atoms with van der Waals surface area (Å²) in [5.74, 6) is 0.808. The topological polar surface area (TPSA) is 85.8 Å². The number of hydrogen-bond acceptors (Lipinski definition) is 3. The van der Waals surface area contributed by atoms with Crippen molar-refractivity contribution in [2.24, 2.45) is 10.4 Å². The van der Waals surface area contributed by atoms with Crippen molar-refractivity contribution in [3.05, 3.63) is 0 Å². The molecule has 0 aromatic heterocycles. The third-order valence-corrected chi connectivity index (χ3v) is 3.44. The maximum absolute atomic E-state index is 11.9. The normalized spacial score (nSPS) is 11.4. The lowest BCUT2D eigenvalue weighted by Gasteiger charge is -2.19. The van der Waals surface area contributed by atoms with Gasteiger partial charge in [0.2, 0.25) is 11.8 Å². The van der Waals surface area contributed by atoms with E-state index >= 15 is 0 Å². The summed E-state index contributed by atoms with van der Waals surface area (Å²) < 4.78 is 0. The number of nitrogens with zero attached hydrogens (tertiary/aromatic N) is 2. The number of carbonyl (C=O) groups excluding carboxylic acids is 2. The molecule has 8 heteroatoms. The molecule has 0 unspecified atom stereocenters. The molecule has 0 atom stereocenters. The van der Waals surface area contributed by atoms with Crippen LogP contribution in [0.15, 0.2) is 4.99 Å². The van der Waals surface area contributed by atoms with Gasteiger partial charge in [-0.1, -0.05) is 20.8 Å². The zero-order chi connectivity index (χ0) is 18.6. The lowest BCUT2D eigenvalue weighted by Crippen LogP contribution is -2.43. The third kappa shape index (κ3) is 12.0. The average molecular weight is 469 g/mol. The van der Waals surface area contributed by atoms with Crippen LogP contribution in [-0.4, -0.2) is 61.9 Å². The molecule has 0 bridgehead atoms. The summed E-state index contributed by atoms with van der Waals surface area (Å²) in [5.41, 5.74) is -0.386. The standard InChI is InChI=1S/C17H35N5O2.HI/c1-7-18-16(20-11-10-14(23)22(8-2)9-3)21-13-12-19-15(24)17(4,5)6;/h7-13H2,1-6H3,(H,19,24)(H2,18,20,21);1H. The van der Waals surface area contributed by atoms with Gasteiger partial charge in [-0.2, -0.15) is 0 Å². The zero-order valence-corrected chi connectivity index (χ0v) is 18.9. The Labute approximate surface area is 169 Å². The van der Waals surface area contributed by atoms with Gasteiger partial charge in [0.05, 0.1) is 6.54 Å². The second-order valence-corrected chi connectivity index (χ2v) is 6.51. The third-order valence-electron chi connectivity index (χ3n) is 3.44. The first-order chi connectivity index (χ1) is 11.3. The molecule has 148 valence electrons. The lowest BCUT2D eigenvalue weighted by atomic mass is 9.96. The Balaban J connectivity index is 0. The molecule has 0 rings (SSSR count). The molecule has 0 fully saturated rings. The average Bonchev–Trinajstić information content (AvgIpc) is 2.51. The van der Waals surface area contributed by atoms with Gasteiger partial charge in [-0.15, -0.1) is 24.0 Å². The Morgan fingerprint density at radius 1 is 0.960 bits per heavy atom. The second kappa shape index (κ2) is 14.1. The number of halogens is 1. The number of amides is 2. The van der Waals surface area contributed by atoms with Crippen molar-refractivity contribution in [2.75, 3.05) is 39.3 Å². The van der Waals surface area contributed by atoms with Crippen molar-refractivity contribution < 1.29 is 9.59 Å². The quantitative estimate of drug-likeness (QED) is 0.207. The van der Waals surface area contributed by atoms with E-state index in [2.05, 4.69) is 20.9 Å². The Hall–Kier alpha value is -1.06. The van der Waals surface area contributed by atoms with E-state index in [0.29, 0.717) is 32.0 Å². The summed E-state index contributed by atoms with van der Waals surface area (Å²) in [6, 6.07) is 0. The van der Waals surface area contributed by atoms with Gasteiger partial charge in [0.1, 0.15) is 0 Å². The highest BCUT2D eigenvalue weighted by atomic mass is 127. The summed E-state index contributed by atoms with van der Waals surface area (Å²) >= 11 is 0. The summed E-state index contributed by atoms with van der Waals surface area (Å²) in [7, 11) is 0. The van der Waals surface area contributed by atoms with Crippen molar-refractivity contribution in [1.82, 2.24) is 20.9 Å². The number of hydrogen-bond donors (Lipinski definition) is 3. The number of nitrogens with one attached hydrogen (secondary N) is 3. The maximum atomic E-state index is 11.9. The van der Waals surface area contributed by atoms with Crippen LogP contribution in [-0.2, 0) is 9.59 Å². The van der Waals surface area contributed by atoms with Crippen molar-refractivity contribution in [3.63, 3.8) is 0 Å². The molecule has 0 saturated heterocycles. The molecule has 0 aliphatic heterocycles. The molecular formula is C17H36IN5O2.